The van der Waals surface area contributed by atoms with Gasteiger partial charge in [0.1, 0.15) is 11.4 Å². The maximum absolute atomic E-state index is 11.0. The number of hydrogen-bond donors (Lipinski definition) is 1. The minimum atomic E-state index is -0.424. The van der Waals surface area contributed by atoms with Crippen LogP contribution in [-0.4, -0.2) is 28.3 Å². The third kappa shape index (κ3) is 3.66. The second kappa shape index (κ2) is 7.94. The van der Waals surface area contributed by atoms with Gasteiger partial charge in [0.15, 0.2) is 4.80 Å². The SMILES string of the molecule is COc1ccccc1N=c1scc(-c2cccc([N+](=O)[O-])c2)n1CCO. The monoisotopic (exact) mass is 371 g/mol. The van der Waals surface area contributed by atoms with E-state index in [0.29, 0.717) is 28.3 Å². The van der Waals surface area contributed by atoms with Gasteiger partial charge in [-0.3, -0.25) is 10.1 Å². The molecule has 0 spiro atoms. The standard InChI is InChI=1S/C18H17N3O4S/c1-25-17-8-3-2-7-15(17)19-18-20(9-10-22)16(12-26-18)13-5-4-6-14(11-13)21(23)24/h2-8,11-12,22H,9-10H2,1H3. The number of ether oxygens (including phenoxy) is 1. The number of aromatic nitrogens is 1. The van der Waals surface area contributed by atoms with E-state index in [1.54, 1.807) is 19.2 Å². The van der Waals surface area contributed by atoms with Crippen LogP contribution < -0.4 is 9.54 Å². The van der Waals surface area contributed by atoms with Crippen molar-refractivity contribution in [2.75, 3.05) is 13.7 Å². The first-order valence-electron chi connectivity index (χ1n) is 7.86. The van der Waals surface area contributed by atoms with Gasteiger partial charge in [-0.05, 0) is 12.1 Å². The fourth-order valence-corrected chi connectivity index (χ4v) is 3.52. The Morgan fingerprint density at radius 2 is 2.08 bits per heavy atom. The summed E-state index contributed by atoms with van der Waals surface area (Å²) < 4.78 is 7.17. The number of thiazole rings is 1. The Bertz CT molecular complexity index is 994. The number of para-hydroxylation sites is 2. The molecule has 1 aromatic heterocycles. The predicted octanol–water partition coefficient (Wildman–Crippen LogP) is 3.36. The van der Waals surface area contributed by atoms with Gasteiger partial charge in [-0.1, -0.05) is 24.3 Å². The number of non-ortho nitro benzene ring substituents is 1. The van der Waals surface area contributed by atoms with E-state index >= 15 is 0 Å². The number of aliphatic hydroxyl groups is 1. The number of nitro benzene ring substituents is 1. The van der Waals surface area contributed by atoms with Crippen LogP contribution in [-0.2, 0) is 6.54 Å². The quantitative estimate of drug-likeness (QED) is 0.531. The molecule has 3 aromatic rings. The predicted molar refractivity (Wildman–Crippen MR) is 99.7 cm³/mol. The normalized spacial score (nSPS) is 11.5. The van der Waals surface area contributed by atoms with E-state index in [2.05, 4.69) is 4.99 Å². The molecule has 134 valence electrons. The maximum atomic E-state index is 11.0. The molecule has 0 aliphatic rings. The minimum absolute atomic E-state index is 0.0208. The highest BCUT2D eigenvalue weighted by Crippen LogP contribution is 2.27. The molecular weight excluding hydrogens is 354 g/mol. The number of nitrogens with zero attached hydrogens (tertiary/aromatic N) is 3. The van der Waals surface area contributed by atoms with Crippen molar-refractivity contribution in [3.05, 3.63) is 68.8 Å². The van der Waals surface area contributed by atoms with Crippen molar-refractivity contribution in [2.24, 2.45) is 4.99 Å². The fourth-order valence-electron chi connectivity index (χ4n) is 2.57. The zero-order chi connectivity index (χ0) is 18.5. The summed E-state index contributed by atoms with van der Waals surface area (Å²) in [5, 5.41) is 22.4. The van der Waals surface area contributed by atoms with Crippen LogP contribution in [0.5, 0.6) is 5.75 Å². The molecule has 7 nitrogen and oxygen atoms in total. The van der Waals surface area contributed by atoms with Gasteiger partial charge in [-0.15, -0.1) is 11.3 Å². The van der Waals surface area contributed by atoms with Crippen molar-refractivity contribution in [3.63, 3.8) is 0 Å². The van der Waals surface area contributed by atoms with E-state index in [0.717, 1.165) is 5.69 Å². The van der Waals surface area contributed by atoms with Crippen molar-refractivity contribution in [1.29, 1.82) is 0 Å². The molecule has 3 rings (SSSR count). The molecule has 0 saturated heterocycles. The van der Waals surface area contributed by atoms with Crippen LogP contribution in [0.4, 0.5) is 11.4 Å². The van der Waals surface area contributed by atoms with Crippen molar-refractivity contribution in [1.82, 2.24) is 4.57 Å². The van der Waals surface area contributed by atoms with E-state index < -0.39 is 4.92 Å². The number of rotatable bonds is 6. The minimum Gasteiger partial charge on any atom is -0.494 e. The molecular formula is C18H17N3O4S. The molecule has 0 aliphatic heterocycles. The molecule has 0 saturated carbocycles. The van der Waals surface area contributed by atoms with E-state index in [9.17, 15) is 15.2 Å². The zero-order valence-electron chi connectivity index (χ0n) is 14.0. The lowest BCUT2D eigenvalue weighted by Crippen LogP contribution is -2.18. The van der Waals surface area contributed by atoms with Gasteiger partial charge in [0, 0.05) is 29.6 Å². The number of nitro groups is 1. The maximum Gasteiger partial charge on any atom is 0.270 e. The summed E-state index contributed by atoms with van der Waals surface area (Å²) in [5.74, 6) is 0.647. The lowest BCUT2D eigenvalue weighted by Gasteiger charge is -2.08. The van der Waals surface area contributed by atoms with Crippen molar-refractivity contribution in [2.45, 2.75) is 6.54 Å². The van der Waals surface area contributed by atoms with Gasteiger partial charge in [0.05, 0.1) is 24.3 Å². The summed E-state index contributed by atoms with van der Waals surface area (Å²) in [5.41, 5.74) is 2.16. The zero-order valence-corrected chi connectivity index (χ0v) is 14.8. The molecule has 8 heteroatoms. The van der Waals surface area contributed by atoms with Crippen LogP contribution in [0.15, 0.2) is 58.9 Å². The molecule has 0 fully saturated rings. The number of benzene rings is 2. The molecule has 0 amide bonds. The summed E-state index contributed by atoms with van der Waals surface area (Å²) in [6, 6.07) is 13.8. The number of methoxy groups -OCH3 is 1. The highest BCUT2D eigenvalue weighted by atomic mass is 32.1. The first-order valence-corrected chi connectivity index (χ1v) is 8.73. The van der Waals surface area contributed by atoms with E-state index in [1.807, 2.05) is 34.2 Å². The fraction of sp³-hybridized carbons (Fsp3) is 0.167. The van der Waals surface area contributed by atoms with E-state index in [4.69, 9.17) is 4.74 Å². The molecule has 1 N–H and O–H groups in total. The van der Waals surface area contributed by atoms with Gasteiger partial charge in [0.25, 0.3) is 5.69 Å². The molecule has 1 heterocycles. The van der Waals surface area contributed by atoms with Gasteiger partial charge < -0.3 is 14.4 Å². The Morgan fingerprint density at radius 1 is 1.27 bits per heavy atom. The molecule has 26 heavy (non-hydrogen) atoms. The topological polar surface area (TPSA) is 89.9 Å². The highest BCUT2D eigenvalue weighted by Gasteiger charge is 2.12. The second-order valence-electron chi connectivity index (χ2n) is 5.37. The average Bonchev–Trinajstić information content (AvgIpc) is 3.05. The smallest absolute Gasteiger partial charge is 0.270 e. The van der Waals surface area contributed by atoms with Gasteiger partial charge in [-0.2, -0.15) is 0 Å². The summed E-state index contributed by atoms with van der Waals surface area (Å²) in [7, 11) is 1.58. The van der Waals surface area contributed by atoms with Gasteiger partial charge >= 0.3 is 0 Å². The van der Waals surface area contributed by atoms with E-state index in [-0.39, 0.29) is 12.3 Å². The van der Waals surface area contributed by atoms with Crippen LogP contribution in [0, 0.1) is 10.1 Å². The van der Waals surface area contributed by atoms with Crippen LogP contribution in [0.2, 0.25) is 0 Å². The summed E-state index contributed by atoms with van der Waals surface area (Å²) in [4.78, 5) is 15.9. The summed E-state index contributed by atoms with van der Waals surface area (Å²) in [6.07, 6.45) is 0. The van der Waals surface area contributed by atoms with Crippen LogP contribution >= 0.6 is 11.3 Å². The average molecular weight is 371 g/mol. The largest absolute Gasteiger partial charge is 0.494 e. The van der Waals surface area contributed by atoms with Gasteiger partial charge in [-0.25, -0.2) is 4.99 Å². The molecule has 0 unspecified atom stereocenters. The third-order valence-electron chi connectivity index (χ3n) is 3.78. The van der Waals surface area contributed by atoms with Crippen molar-refractivity contribution < 1.29 is 14.8 Å². The first-order chi connectivity index (χ1) is 12.6. The lowest BCUT2D eigenvalue weighted by atomic mass is 10.1. The lowest BCUT2D eigenvalue weighted by molar-refractivity contribution is -0.384. The Balaban J connectivity index is 2.14. The highest BCUT2D eigenvalue weighted by molar-refractivity contribution is 7.07. The molecule has 2 aromatic carbocycles. The molecule has 0 bridgehead atoms. The van der Waals surface area contributed by atoms with E-state index in [1.165, 1.54) is 23.5 Å². The third-order valence-corrected chi connectivity index (χ3v) is 4.64. The molecule has 0 atom stereocenters. The van der Waals surface area contributed by atoms with Crippen LogP contribution in [0.25, 0.3) is 11.3 Å². The number of hydrogen-bond acceptors (Lipinski definition) is 6. The summed E-state index contributed by atoms with van der Waals surface area (Å²) >= 11 is 1.40. The molecule has 0 aliphatic carbocycles. The van der Waals surface area contributed by atoms with Crippen molar-refractivity contribution >= 4 is 22.7 Å². The first kappa shape index (κ1) is 17.8. The van der Waals surface area contributed by atoms with Crippen LogP contribution in [0.3, 0.4) is 0 Å². The summed E-state index contributed by atoms with van der Waals surface area (Å²) in [6.45, 7) is 0.257. The Hall–Kier alpha value is -2.97. The second-order valence-corrected chi connectivity index (χ2v) is 6.21. The molecule has 0 radical (unpaired) electrons. The van der Waals surface area contributed by atoms with Gasteiger partial charge in [0.2, 0.25) is 0 Å². The van der Waals surface area contributed by atoms with Crippen LogP contribution in [0.1, 0.15) is 0 Å². The Morgan fingerprint density at radius 3 is 2.81 bits per heavy atom. The van der Waals surface area contributed by atoms with Crippen molar-refractivity contribution in [3.8, 4) is 17.0 Å². The Labute approximate surface area is 153 Å². The number of aliphatic hydroxyl groups excluding tert-OH is 1. The Kier molecular flexibility index (Phi) is 5.45.